The molecule has 0 spiro atoms. The van der Waals surface area contributed by atoms with Crippen molar-refractivity contribution in [3.63, 3.8) is 0 Å². The molecule has 35 heavy (non-hydrogen) atoms. The number of terminal acetylenes is 1. The van der Waals surface area contributed by atoms with Crippen molar-refractivity contribution in [1.82, 2.24) is 20.2 Å². The predicted octanol–water partition coefficient (Wildman–Crippen LogP) is 4.05. The number of nitro groups is 1. The van der Waals surface area contributed by atoms with Crippen LogP contribution in [0.25, 0.3) is 11.0 Å². The number of benzene rings is 2. The van der Waals surface area contributed by atoms with E-state index in [0.29, 0.717) is 23.6 Å². The van der Waals surface area contributed by atoms with Crippen LogP contribution in [-0.2, 0) is 6.54 Å². The Bertz CT molecular complexity index is 1230. The summed E-state index contributed by atoms with van der Waals surface area (Å²) in [4.78, 5) is 33.1. The Morgan fingerprint density at radius 2 is 2.11 bits per heavy atom. The van der Waals surface area contributed by atoms with Crippen molar-refractivity contribution < 1.29 is 14.5 Å². The molecule has 0 bridgehead atoms. The molecule has 9 nitrogen and oxygen atoms in total. The van der Waals surface area contributed by atoms with E-state index in [1.165, 1.54) is 12.1 Å². The zero-order chi connectivity index (χ0) is 24.8. The zero-order valence-corrected chi connectivity index (χ0v) is 19.7. The Morgan fingerprint density at radius 3 is 2.83 bits per heavy atom. The van der Waals surface area contributed by atoms with Crippen LogP contribution < -0.4 is 10.1 Å². The van der Waals surface area contributed by atoms with Crippen LogP contribution in [0.15, 0.2) is 42.5 Å². The van der Waals surface area contributed by atoms with E-state index in [1.807, 2.05) is 36.1 Å². The number of nitro benzene ring substituents is 1. The Morgan fingerprint density at radius 1 is 1.31 bits per heavy atom. The highest BCUT2D eigenvalue weighted by Crippen LogP contribution is 2.26. The molecule has 0 radical (unpaired) electrons. The standard InChI is InChI=1S/C26H29N5O4/c1-3-14-35-22-11-8-18(9-12-22)17-27-19-6-5-7-20(15-19)30(4-2)26(32)25-28-23-13-10-21(31(33)34)16-24(23)29-25/h1,8-13,16,19-20,27H,4-7,14-15,17H2,2H3,(H,28,29)/t19-,20+/m1/s1. The summed E-state index contributed by atoms with van der Waals surface area (Å²) in [7, 11) is 0. The molecule has 2 aromatic carbocycles. The first-order valence-electron chi connectivity index (χ1n) is 11.8. The highest BCUT2D eigenvalue weighted by Gasteiger charge is 2.30. The SMILES string of the molecule is C#CCOc1ccc(CN[C@@H]2CCC[C@H](N(CC)C(=O)c3nc4cc([N+](=O)[O-])ccc4[nH]3)C2)cc1. The number of nitrogens with zero attached hydrogens (tertiary/aromatic N) is 3. The Balaban J connectivity index is 1.38. The second-order valence-electron chi connectivity index (χ2n) is 8.67. The van der Waals surface area contributed by atoms with Gasteiger partial charge in [0.1, 0.15) is 12.4 Å². The number of aromatic amines is 1. The van der Waals surface area contributed by atoms with Crippen molar-refractivity contribution in [3.05, 3.63) is 64.0 Å². The average Bonchev–Trinajstić information content (AvgIpc) is 3.31. The maximum absolute atomic E-state index is 13.3. The quantitative estimate of drug-likeness (QED) is 0.274. The lowest BCUT2D eigenvalue weighted by Gasteiger charge is -2.37. The molecule has 1 amide bonds. The van der Waals surface area contributed by atoms with Crippen LogP contribution in [0.3, 0.4) is 0 Å². The number of carbonyl (C=O) groups excluding carboxylic acids is 1. The third-order valence-electron chi connectivity index (χ3n) is 6.41. The summed E-state index contributed by atoms with van der Waals surface area (Å²) in [5, 5.41) is 14.7. The van der Waals surface area contributed by atoms with Crippen LogP contribution in [0.2, 0.25) is 0 Å². The van der Waals surface area contributed by atoms with Gasteiger partial charge in [-0.2, -0.15) is 0 Å². The highest BCUT2D eigenvalue weighted by atomic mass is 16.6. The molecule has 1 saturated carbocycles. The molecular formula is C26H29N5O4. The maximum atomic E-state index is 13.3. The molecule has 2 atom stereocenters. The van der Waals surface area contributed by atoms with Crippen molar-refractivity contribution in [1.29, 1.82) is 0 Å². The van der Waals surface area contributed by atoms with Gasteiger partial charge >= 0.3 is 0 Å². The summed E-state index contributed by atoms with van der Waals surface area (Å²) in [6, 6.07) is 12.6. The third kappa shape index (κ3) is 5.78. The monoisotopic (exact) mass is 475 g/mol. The molecule has 1 aromatic heterocycles. The molecule has 1 fully saturated rings. The molecule has 0 saturated heterocycles. The first kappa shape index (κ1) is 24.2. The largest absolute Gasteiger partial charge is 0.481 e. The maximum Gasteiger partial charge on any atom is 0.289 e. The molecule has 4 rings (SSSR count). The van der Waals surface area contributed by atoms with Crippen molar-refractivity contribution in [2.24, 2.45) is 0 Å². The van der Waals surface area contributed by atoms with Crippen molar-refractivity contribution in [2.75, 3.05) is 13.2 Å². The van der Waals surface area contributed by atoms with Crippen molar-refractivity contribution >= 4 is 22.6 Å². The minimum Gasteiger partial charge on any atom is -0.481 e. The molecule has 9 heteroatoms. The summed E-state index contributed by atoms with van der Waals surface area (Å²) in [5.41, 5.74) is 2.12. The Hall–Kier alpha value is -3.90. The summed E-state index contributed by atoms with van der Waals surface area (Å²) in [6.45, 7) is 3.51. The lowest BCUT2D eigenvalue weighted by molar-refractivity contribution is -0.384. The van der Waals surface area contributed by atoms with Gasteiger partial charge in [-0.1, -0.05) is 18.1 Å². The van der Waals surface area contributed by atoms with Gasteiger partial charge in [-0.3, -0.25) is 14.9 Å². The number of rotatable bonds is 9. The van der Waals surface area contributed by atoms with Gasteiger partial charge in [0.15, 0.2) is 5.82 Å². The summed E-state index contributed by atoms with van der Waals surface area (Å²) >= 11 is 0. The van der Waals surface area contributed by atoms with Crippen LogP contribution in [0.1, 0.15) is 48.8 Å². The lowest BCUT2D eigenvalue weighted by atomic mass is 9.89. The number of aromatic nitrogens is 2. The number of ether oxygens (including phenoxy) is 1. The van der Waals surface area contributed by atoms with E-state index in [9.17, 15) is 14.9 Å². The van der Waals surface area contributed by atoms with E-state index in [0.717, 1.165) is 43.5 Å². The molecule has 0 aliphatic heterocycles. The van der Waals surface area contributed by atoms with Gasteiger partial charge < -0.3 is 19.9 Å². The van der Waals surface area contributed by atoms with E-state index in [1.54, 1.807) is 6.07 Å². The molecule has 1 heterocycles. The number of hydrogen-bond donors (Lipinski definition) is 2. The van der Waals surface area contributed by atoms with Crippen molar-refractivity contribution in [2.45, 2.75) is 51.2 Å². The van der Waals surface area contributed by atoms with Gasteiger partial charge in [0.25, 0.3) is 11.6 Å². The van der Waals surface area contributed by atoms with Gasteiger partial charge in [-0.25, -0.2) is 4.98 Å². The highest BCUT2D eigenvalue weighted by molar-refractivity contribution is 5.94. The minimum absolute atomic E-state index is 0.0497. The molecule has 1 aliphatic carbocycles. The number of amides is 1. The Labute approximate surface area is 204 Å². The van der Waals surface area contributed by atoms with Crippen LogP contribution >= 0.6 is 0 Å². The van der Waals surface area contributed by atoms with Gasteiger partial charge in [0, 0.05) is 37.3 Å². The third-order valence-corrected chi connectivity index (χ3v) is 6.41. The van der Waals surface area contributed by atoms with Gasteiger partial charge in [-0.15, -0.1) is 6.42 Å². The van der Waals surface area contributed by atoms with E-state index >= 15 is 0 Å². The number of H-pyrrole nitrogens is 1. The van der Waals surface area contributed by atoms with Crippen molar-refractivity contribution in [3.8, 4) is 18.1 Å². The number of non-ortho nitro benzene ring substituents is 1. The molecular weight excluding hydrogens is 446 g/mol. The van der Waals surface area contributed by atoms with Crippen LogP contribution in [0.5, 0.6) is 5.75 Å². The topological polar surface area (TPSA) is 113 Å². The molecule has 0 unspecified atom stereocenters. The Kier molecular flexibility index (Phi) is 7.63. The fraction of sp³-hybridized carbons (Fsp3) is 0.385. The number of hydrogen-bond acceptors (Lipinski definition) is 6. The second-order valence-corrected chi connectivity index (χ2v) is 8.67. The summed E-state index contributed by atoms with van der Waals surface area (Å²) < 4.78 is 5.42. The zero-order valence-electron chi connectivity index (χ0n) is 19.7. The molecule has 1 aliphatic rings. The number of imidazole rings is 1. The van der Waals surface area contributed by atoms with Gasteiger partial charge in [-0.05, 0) is 56.4 Å². The number of carbonyl (C=O) groups is 1. The summed E-state index contributed by atoms with van der Waals surface area (Å²) in [5.74, 6) is 3.24. The fourth-order valence-electron chi connectivity index (χ4n) is 4.64. The molecule has 2 N–H and O–H groups in total. The van der Waals surface area contributed by atoms with Crippen LogP contribution in [-0.4, -0.2) is 50.9 Å². The minimum atomic E-state index is -0.468. The smallest absolute Gasteiger partial charge is 0.289 e. The molecule has 3 aromatic rings. The van der Waals surface area contributed by atoms with Crippen LogP contribution in [0.4, 0.5) is 5.69 Å². The van der Waals surface area contributed by atoms with Gasteiger partial charge in [0.2, 0.25) is 0 Å². The number of fused-ring (bicyclic) bond motifs is 1. The van der Waals surface area contributed by atoms with E-state index in [2.05, 4.69) is 21.2 Å². The fourth-order valence-corrected chi connectivity index (χ4v) is 4.64. The second kappa shape index (κ2) is 11.0. The normalized spacial score (nSPS) is 17.6. The van der Waals surface area contributed by atoms with E-state index in [-0.39, 0.29) is 30.1 Å². The van der Waals surface area contributed by atoms with E-state index in [4.69, 9.17) is 11.2 Å². The average molecular weight is 476 g/mol. The summed E-state index contributed by atoms with van der Waals surface area (Å²) in [6.07, 6.45) is 9.10. The molecule has 182 valence electrons. The van der Waals surface area contributed by atoms with E-state index < -0.39 is 4.92 Å². The number of nitrogens with one attached hydrogen (secondary N) is 2. The predicted molar refractivity (Wildman–Crippen MR) is 133 cm³/mol. The van der Waals surface area contributed by atoms with Gasteiger partial charge in [0.05, 0.1) is 16.0 Å². The first-order valence-corrected chi connectivity index (χ1v) is 11.8. The lowest BCUT2D eigenvalue weighted by Crippen LogP contribution is -2.47. The first-order chi connectivity index (χ1) is 17.0. The van der Waals surface area contributed by atoms with Crippen LogP contribution in [0, 0.1) is 22.5 Å².